The molecule has 4 rings (SSSR count). The molecule has 2 aliphatic heterocycles. The highest BCUT2D eigenvalue weighted by Gasteiger charge is 2.37. The van der Waals surface area contributed by atoms with Crippen LogP contribution in [-0.2, 0) is 19.7 Å². The highest BCUT2D eigenvalue weighted by molar-refractivity contribution is 8.18. The lowest BCUT2D eigenvalue weighted by molar-refractivity contribution is -0.136. The Bertz CT molecular complexity index is 1330. The van der Waals surface area contributed by atoms with Gasteiger partial charge in [-0.05, 0) is 73.9 Å². The molecule has 190 valence electrons. The maximum atomic E-state index is 12.8. The Balaban J connectivity index is 1.51. The van der Waals surface area contributed by atoms with E-state index in [9.17, 15) is 22.8 Å². The minimum atomic E-state index is -4.18. The van der Waals surface area contributed by atoms with Gasteiger partial charge in [-0.3, -0.25) is 19.3 Å². The van der Waals surface area contributed by atoms with Gasteiger partial charge in [-0.1, -0.05) is 40.9 Å². The first-order valence-corrected chi connectivity index (χ1v) is 14.1. The zero-order valence-corrected chi connectivity index (χ0v) is 22.3. The standard InChI is InChI=1S/C24H22Cl2N2O6S2/c1-15-5-7-17(8-6-15)36(32,33)34-22-18(25)11-16(12-19(22)26)13-20-23(30)28(24(31)35-20)14-21(29)27-9-3-2-4-10-27/h5-8,11-13H,2-4,9-10,14H2,1H3/b20-13-. The van der Waals surface area contributed by atoms with Crippen LogP contribution >= 0.6 is 35.0 Å². The van der Waals surface area contributed by atoms with Crippen molar-refractivity contribution in [3.63, 3.8) is 0 Å². The molecule has 0 saturated carbocycles. The van der Waals surface area contributed by atoms with E-state index in [1.54, 1.807) is 17.0 Å². The first-order chi connectivity index (χ1) is 17.0. The summed E-state index contributed by atoms with van der Waals surface area (Å²) in [6.45, 7) is 2.75. The van der Waals surface area contributed by atoms with Crippen molar-refractivity contribution in [1.82, 2.24) is 9.80 Å². The molecule has 2 aromatic carbocycles. The minimum absolute atomic E-state index is 0.0583. The zero-order chi connectivity index (χ0) is 26.0. The van der Waals surface area contributed by atoms with Crippen molar-refractivity contribution >= 4 is 68.2 Å². The van der Waals surface area contributed by atoms with E-state index in [1.807, 2.05) is 6.92 Å². The summed E-state index contributed by atoms with van der Waals surface area (Å²) in [6.07, 6.45) is 4.27. The molecule has 2 fully saturated rings. The maximum absolute atomic E-state index is 12.8. The number of halogens is 2. The number of hydrogen-bond acceptors (Lipinski definition) is 7. The van der Waals surface area contributed by atoms with Crippen LogP contribution in [0.5, 0.6) is 5.75 Å². The van der Waals surface area contributed by atoms with Crippen LogP contribution in [0, 0.1) is 6.92 Å². The van der Waals surface area contributed by atoms with Crippen molar-refractivity contribution in [2.45, 2.75) is 31.1 Å². The predicted octanol–water partition coefficient (Wildman–Crippen LogP) is 5.12. The van der Waals surface area contributed by atoms with Gasteiger partial charge in [0.2, 0.25) is 5.91 Å². The molecule has 0 radical (unpaired) electrons. The van der Waals surface area contributed by atoms with Crippen molar-refractivity contribution in [3.8, 4) is 5.75 Å². The summed E-state index contributed by atoms with van der Waals surface area (Å²) in [5, 5.41) is -0.731. The van der Waals surface area contributed by atoms with Gasteiger partial charge < -0.3 is 9.08 Å². The average Bonchev–Trinajstić information content (AvgIpc) is 3.09. The van der Waals surface area contributed by atoms with Crippen molar-refractivity contribution < 1.29 is 27.0 Å². The molecule has 2 aliphatic rings. The third kappa shape index (κ3) is 5.88. The number of carbonyl (C=O) groups excluding carboxylic acids is 3. The number of carbonyl (C=O) groups is 3. The molecule has 2 heterocycles. The molecule has 3 amide bonds. The van der Waals surface area contributed by atoms with Crippen LogP contribution in [-0.4, -0.2) is 54.9 Å². The molecule has 0 aromatic heterocycles. The summed E-state index contributed by atoms with van der Waals surface area (Å²) in [6, 6.07) is 8.84. The molecule has 0 aliphatic carbocycles. The Hall–Kier alpha value is -2.53. The predicted molar refractivity (Wildman–Crippen MR) is 139 cm³/mol. The van der Waals surface area contributed by atoms with Gasteiger partial charge in [-0.2, -0.15) is 8.42 Å². The van der Waals surface area contributed by atoms with Crippen LogP contribution < -0.4 is 4.18 Å². The number of benzene rings is 2. The number of aryl methyl sites for hydroxylation is 1. The number of thioether (sulfide) groups is 1. The van der Waals surface area contributed by atoms with Gasteiger partial charge >= 0.3 is 10.1 Å². The van der Waals surface area contributed by atoms with E-state index in [1.165, 1.54) is 30.3 Å². The van der Waals surface area contributed by atoms with Crippen LogP contribution in [0.3, 0.4) is 0 Å². The van der Waals surface area contributed by atoms with E-state index in [0.29, 0.717) is 30.4 Å². The van der Waals surface area contributed by atoms with Crippen LogP contribution in [0.4, 0.5) is 4.79 Å². The first-order valence-electron chi connectivity index (χ1n) is 11.1. The van der Waals surface area contributed by atoms with Crippen molar-refractivity contribution in [2.24, 2.45) is 0 Å². The third-order valence-corrected chi connectivity index (χ3v) is 8.40. The Morgan fingerprint density at radius 2 is 1.67 bits per heavy atom. The molecular formula is C24H22Cl2N2O6S2. The summed E-state index contributed by atoms with van der Waals surface area (Å²) in [5.74, 6) is -1.11. The molecule has 2 aromatic rings. The summed E-state index contributed by atoms with van der Waals surface area (Å²) < 4.78 is 30.4. The van der Waals surface area contributed by atoms with Crippen molar-refractivity contribution in [2.75, 3.05) is 19.6 Å². The summed E-state index contributed by atoms with van der Waals surface area (Å²) in [5.41, 5.74) is 1.24. The number of likely N-dealkylation sites (tertiary alicyclic amines) is 1. The Labute approximate surface area is 223 Å². The number of rotatable bonds is 6. The second-order valence-corrected chi connectivity index (χ2v) is 11.7. The number of piperidine rings is 1. The molecule has 0 bridgehead atoms. The average molecular weight is 569 g/mol. The highest BCUT2D eigenvalue weighted by atomic mass is 35.5. The quantitative estimate of drug-likeness (QED) is 0.352. The van der Waals surface area contributed by atoms with E-state index in [-0.39, 0.29) is 38.0 Å². The van der Waals surface area contributed by atoms with E-state index < -0.39 is 21.3 Å². The maximum Gasteiger partial charge on any atom is 0.339 e. The smallest absolute Gasteiger partial charge is 0.339 e. The summed E-state index contributed by atoms with van der Waals surface area (Å²) in [7, 11) is -4.18. The lowest BCUT2D eigenvalue weighted by Crippen LogP contribution is -2.44. The van der Waals surface area contributed by atoms with E-state index in [4.69, 9.17) is 27.4 Å². The largest absolute Gasteiger partial charge is 0.376 e. The monoisotopic (exact) mass is 568 g/mol. The van der Waals surface area contributed by atoms with Gasteiger partial charge in [0.15, 0.2) is 5.75 Å². The van der Waals surface area contributed by atoms with Gasteiger partial charge in [0.1, 0.15) is 11.4 Å². The molecule has 8 nitrogen and oxygen atoms in total. The summed E-state index contributed by atoms with van der Waals surface area (Å²) >= 11 is 13.2. The summed E-state index contributed by atoms with van der Waals surface area (Å²) in [4.78, 5) is 40.4. The van der Waals surface area contributed by atoms with E-state index in [2.05, 4.69) is 0 Å². The van der Waals surface area contributed by atoms with Gasteiger partial charge in [0, 0.05) is 13.1 Å². The molecule has 2 saturated heterocycles. The third-order valence-electron chi connectivity index (χ3n) is 5.70. The fourth-order valence-corrected chi connectivity index (χ4v) is 6.25. The number of imide groups is 1. The van der Waals surface area contributed by atoms with Gasteiger partial charge in [-0.15, -0.1) is 0 Å². The fourth-order valence-electron chi connectivity index (χ4n) is 3.77. The number of hydrogen-bond donors (Lipinski definition) is 0. The van der Waals surface area contributed by atoms with Crippen LogP contribution in [0.2, 0.25) is 10.0 Å². The fraction of sp³-hybridized carbons (Fsp3) is 0.292. The topological polar surface area (TPSA) is 101 Å². The molecule has 0 unspecified atom stereocenters. The molecule has 0 atom stereocenters. The molecule has 12 heteroatoms. The zero-order valence-electron chi connectivity index (χ0n) is 19.2. The highest BCUT2D eigenvalue weighted by Crippen LogP contribution is 2.38. The number of nitrogens with zero attached hydrogens (tertiary/aromatic N) is 2. The van der Waals surface area contributed by atoms with Gasteiger partial charge in [-0.25, -0.2) is 0 Å². The Kier molecular flexibility index (Phi) is 7.99. The molecular weight excluding hydrogens is 547 g/mol. The van der Waals surface area contributed by atoms with Gasteiger partial charge in [0.25, 0.3) is 11.1 Å². The second-order valence-electron chi connectivity index (χ2n) is 8.37. The Morgan fingerprint density at radius 1 is 1.06 bits per heavy atom. The normalized spacial score (nSPS) is 17.7. The lowest BCUT2D eigenvalue weighted by atomic mass is 10.1. The number of amides is 3. The second kappa shape index (κ2) is 10.8. The van der Waals surface area contributed by atoms with Crippen molar-refractivity contribution in [3.05, 3.63) is 62.5 Å². The van der Waals surface area contributed by atoms with E-state index in [0.717, 1.165) is 29.7 Å². The minimum Gasteiger partial charge on any atom is -0.376 e. The van der Waals surface area contributed by atoms with Gasteiger partial charge in [0.05, 0.1) is 15.0 Å². The van der Waals surface area contributed by atoms with Crippen molar-refractivity contribution in [1.29, 1.82) is 0 Å². The molecule has 0 spiro atoms. The Morgan fingerprint density at radius 3 is 2.28 bits per heavy atom. The molecule has 36 heavy (non-hydrogen) atoms. The first kappa shape index (κ1) is 26.5. The SMILES string of the molecule is Cc1ccc(S(=O)(=O)Oc2c(Cl)cc(/C=C3\SC(=O)N(CC(=O)N4CCCCC4)C3=O)cc2Cl)cc1. The van der Waals surface area contributed by atoms with Crippen LogP contribution in [0.25, 0.3) is 6.08 Å². The molecule has 0 N–H and O–H groups in total. The lowest BCUT2D eigenvalue weighted by Gasteiger charge is -2.27. The van der Waals surface area contributed by atoms with Crippen LogP contribution in [0.15, 0.2) is 46.2 Å². The van der Waals surface area contributed by atoms with Crippen LogP contribution in [0.1, 0.15) is 30.4 Å². The van der Waals surface area contributed by atoms with E-state index >= 15 is 0 Å².